The van der Waals surface area contributed by atoms with Gasteiger partial charge in [-0.25, -0.2) is 0 Å². The van der Waals surface area contributed by atoms with Gasteiger partial charge in [-0.3, -0.25) is 0 Å². The summed E-state index contributed by atoms with van der Waals surface area (Å²) >= 11 is 15.5. The number of nitrogen functional groups attached to an aromatic ring is 1. The third-order valence-electron chi connectivity index (χ3n) is 2.21. The van der Waals surface area contributed by atoms with Crippen molar-refractivity contribution < 1.29 is 0 Å². The second-order valence-electron chi connectivity index (χ2n) is 3.47. The van der Waals surface area contributed by atoms with E-state index < -0.39 is 0 Å². The van der Waals surface area contributed by atoms with E-state index >= 15 is 0 Å². The summed E-state index contributed by atoms with van der Waals surface area (Å²) in [6.45, 7) is 0. The van der Waals surface area contributed by atoms with Crippen LogP contribution in [0.5, 0.6) is 0 Å². The second kappa shape index (κ2) is 5.17. The lowest BCUT2D eigenvalue weighted by molar-refractivity contribution is 1.52. The molecular formula is C12H9BrCl2N2. The van der Waals surface area contributed by atoms with Gasteiger partial charge in [0.25, 0.3) is 0 Å². The van der Waals surface area contributed by atoms with E-state index in [9.17, 15) is 0 Å². The van der Waals surface area contributed by atoms with E-state index in [1.807, 2.05) is 30.3 Å². The summed E-state index contributed by atoms with van der Waals surface area (Å²) in [5, 5.41) is 4.20. The van der Waals surface area contributed by atoms with E-state index in [0.717, 1.165) is 15.8 Å². The fourth-order valence-corrected chi connectivity index (χ4v) is 2.22. The van der Waals surface area contributed by atoms with Crippen LogP contribution in [0.15, 0.2) is 40.9 Å². The maximum Gasteiger partial charge on any atom is 0.0827 e. The molecule has 0 heterocycles. The minimum absolute atomic E-state index is 0.498. The van der Waals surface area contributed by atoms with Crippen molar-refractivity contribution in [2.24, 2.45) is 0 Å². The van der Waals surface area contributed by atoms with Crippen LogP contribution in [0.3, 0.4) is 0 Å². The quantitative estimate of drug-likeness (QED) is 0.753. The molecule has 0 aliphatic rings. The molecule has 3 N–H and O–H groups in total. The lowest BCUT2D eigenvalue weighted by atomic mass is 10.2. The molecule has 2 aromatic rings. The molecule has 0 aliphatic carbocycles. The number of benzene rings is 2. The van der Waals surface area contributed by atoms with Gasteiger partial charge in [-0.2, -0.15) is 0 Å². The second-order valence-corrected chi connectivity index (χ2v) is 5.11. The van der Waals surface area contributed by atoms with Gasteiger partial charge in [0, 0.05) is 10.2 Å². The fourth-order valence-electron chi connectivity index (χ4n) is 1.38. The molecule has 0 saturated carbocycles. The van der Waals surface area contributed by atoms with Crippen molar-refractivity contribution in [2.75, 3.05) is 11.1 Å². The largest absolute Gasteiger partial charge is 0.399 e. The molecule has 0 saturated heterocycles. The monoisotopic (exact) mass is 330 g/mol. The normalized spacial score (nSPS) is 10.3. The molecule has 2 rings (SSSR count). The van der Waals surface area contributed by atoms with Gasteiger partial charge < -0.3 is 11.1 Å². The van der Waals surface area contributed by atoms with Crippen LogP contribution >= 0.6 is 39.1 Å². The van der Waals surface area contributed by atoms with Gasteiger partial charge >= 0.3 is 0 Å². The van der Waals surface area contributed by atoms with Crippen LogP contribution in [0.1, 0.15) is 0 Å². The van der Waals surface area contributed by atoms with Crippen LogP contribution < -0.4 is 11.1 Å². The number of hydrogen-bond acceptors (Lipinski definition) is 2. The Kier molecular flexibility index (Phi) is 3.82. The van der Waals surface area contributed by atoms with Gasteiger partial charge in [0.2, 0.25) is 0 Å². The summed E-state index contributed by atoms with van der Waals surface area (Å²) in [7, 11) is 0. The Bertz CT molecular complexity index is 558. The zero-order valence-electron chi connectivity index (χ0n) is 8.68. The summed E-state index contributed by atoms with van der Waals surface area (Å²) < 4.78 is 0.869. The predicted molar refractivity (Wildman–Crippen MR) is 78.3 cm³/mol. The van der Waals surface area contributed by atoms with Gasteiger partial charge in [-0.15, -0.1) is 0 Å². The highest BCUT2D eigenvalue weighted by molar-refractivity contribution is 9.10. The average molecular weight is 332 g/mol. The molecule has 0 spiro atoms. The van der Waals surface area contributed by atoms with Crippen LogP contribution in [0.2, 0.25) is 10.0 Å². The first-order chi connectivity index (χ1) is 8.08. The van der Waals surface area contributed by atoms with Gasteiger partial charge in [-0.05, 0) is 46.3 Å². The zero-order valence-corrected chi connectivity index (χ0v) is 11.8. The summed E-state index contributed by atoms with van der Waals surface area (Å²) in [6.07, 6.45) is 0. The molecule has 0 radical (unpaired) electrons. The number of nitrogens with one attached hydrogen (secondary N) is 1. The third-order valence-corrected chi connectivity index (χ3v) is 3.69. The van der Waals surface area contributed by atoms with Crippen molar-refractivity contribution in [1.29, 1.82) is 0 Å². The first-order valence-electron chi connectivity index (χ1n) is 4.84. The first-order valence-corrected chi connectivity index (χ1v) is 6.39. The molecule has 0 fully saturated rings. The molecular weight excluding hydrogens is 323 g/mol. The maximum atomic E-state index is 6.09. The Morgan fingerprint density at radius 1 is 1.06 bits per heavy atom. The lowest BCUT2D eigenvalue weighted by Crippen LogP contribution is -1.94. The van der Waals surface area contributed by atoms with Gasteiger partial charge in [0.1, 0.15) is 0 Å². The smallest absolute Gasteiger partial charge is 0.0827 e. The Balaban J connectivity index is 2.35. The Morgan fingerprint density at radius 2 is 1.82 bits per heavy atom. The Hall–Kier alpha value is -0.900. The average Bonchev–Trinajstić information content (AvgIpc) is 2.28. The maximum absolute atomic E-state index is 6.09. The molecule has 88 valence electrons. The molecule has 0 amide bonds. The highest BCUT2D eigenvalue weighted by atomic mass is 79.9. The number of anilines is 3. The van der Waals surface area contributed by atoms with Crippen molar-refractivity contribution in [3.8, 4) is 0 Å². The minimum atomic E-state index is 0.498. The summed E-state index contributed by atoms with van der Waals surface area (Å²) in [5.74, 6) is 0. The van der Waals surface area contributed by atoms with Crippen LogP contribution in [0.25, 0.3) is 0 Å². The van der Waals surface area contributed by atoms with E-state index in [1.54, 1.807) is 6.07 Å². The number of rotatable bonds is 2. The van der Waals surface area contributed by atoms with E-state index in [2.05, 4.69) is 21.2 Å². The topological polar surface area (TPSA) is 38.0 Å². The van der Waals surface area contributed by atoms with E-state index in [4.69, 9.17) is 28.9 Å². The molecule has 0 unspecified atom stereocenters. The van der Waals surface area contributed by atoms with E-state index in [1.165, 1.54) is 0 Å². The summed E-state index contributed by atoms with van der Waals surface area (Å²) in [4.78, 5) is 0. The Labute approximate surface area is 118 Å². The molecule has 0 aromatic heterocycles. The predicted octanol–water partition coefficient (Wildman–Crippen LogP) is 5.08. The van der Waals surface area contributed by atoms with Crippen molar-refractivity contribution in [2.45, 2.75) is 0 Å². The summed E-state index contributed by atoms with van der Waals surface area (Å²) in [5.41, 5.74) is 8.00. The number of hydrogen-bond donors (Lipinski definition) is 2. The number of nitrogens with two attached hydrogens (primary N) is 1. The van der Waals surface area contributed by atoms with E-state index in [0.29, 0.717) is 15.7 Å². The standard InChI is InChI=1S/C12H9BrCl2N2/c13-8-6-7(16)4-5-10(8)17-11-3-1-2-9(14)12(11)15/h1-6,17H,16H2. The van der Waals surface area contributed by atoms with Crippen LogP contribution in [0, 0.1) is 0 Å². The molecule has 5 heteroatoms. The van der Waals surface area contributed by atoms with Gasteiger partial charge in [0.15, 0.2) is 0 Å². The van der Waals surface area contributed by atoms with Gasteiger partial charge in [0.05, 0.1) is 21.4 Å². The van der Waals surface area contributed by atoms with Crippen LogP contribution in [-0.4, -0.2) is 0 Å². The molecule has 0 atom stereocenters. The van der Waals surface area contributed by atoms with Crippen LogP contribution in [-0.2, 0) is 0 Å². The fraction of sp³-hybridized carbons (Fsp3) is 0. The van der Waals surface area contributed by atoms with Crippen molar-refractivity contribution >= 4 is 56.2 Å². The van der Waals surface area contributed by atoms with Gasteiger partial charge in [-0.1, -0.05) is 29.3 Å². The highest BCUT2D eigenvalue weighted by Crippen LogP contribution is 2.34. The van der Waals surface area contributed by atoms with Crippen molar-refractivity contribution in [3.05, 3.63) is 50.9 Å². The Morgan fingerprint density at radius 3 is 2.53 bits per heavy atom. The highest BCUT2D eigenvalue weighted by Gasteiger charge is 2.06. The SMILES string of the molecule is Nc1ccc(Nc2cccc(Cl)c2Cl)c(Br)c1. The molecule has 2 nitrogen and oxygen atoms in total. The molecule has 2 aromatic carbocycles. The minimum Gasteiger partial charge on any atom is -0.399 e. The lowest BCUT2D eigenvalue weighted by Gasteiger charge is -2.11. The van der Waals surface area contributed by atoms with Crippen LogP contribution in [0.4, 0.5) is 17.1 Å². The van der Waals surface area contributed by atoms with E-state index in [-0.39, 0.29) is 0 Å². The molecule has 0 bridgehead atoms. The molecule has 0 aliphatic heterocycles. The number of halogens is 3. The zero-order chi connectivity index (χ0) is 12.4. The third kappa shape index (κ3) is 2.86. The van der Waals surface area contributed by atoms with Crippen molar-refractivity contribution in [3.63, 3.8) is 0 Å². The molecule has 17 heavy (non-hydrogen) atoms. The summed E-state index contributed by atoms with van der Waals surface area (Å²) in [6, 6.07) is 10.9. The first kappa shape index (κ1) is 12.6. The van der Waals surface area contributed by atoms with Crippen molar-refractivity contribution in [1.82, 2.24) is 0 Å².